The van der Waals surface area contributed by atoms with Gasteiger partial charge in [0.1, 0.15) is 5.78 Å². The lowest BCUT2D eigenvalue weighted by Crippen LogP contribution is -2.43. The smallest absolute Gasteiger partial charge is 0.142 e. The van der Waals surface area contributed by atoms with E-state index in [9.17, 15) is 4.79 Å². The summed E-state index contributed by atoms with van der Waals surface area (Å²) in [5.41, 5.74) is 0.0378. The van der Waals surface area contributed by atoms with Crippen LogP contribution in [0.15, 0.2) is 0 Å². The molecule has 0 radical (unpaired) electrons. The number of hydrogen-bond acceptors (Lipinski definition) is 3. The Hall–Kier alpha value is -0.410. The maximum Gasteiger partial charge on any atom is 0.142 e. The molecule has 3 heteroatoms. The molecule has 2 saturated heterocycles. The molecular formula is C17H28O3. The van der Waals surface area contributed by atoms with E-state index >= 15 is 0 Å². The number of carbonyl (C=O) groups is 1. The van der Waals surface area contributed by atoms with Crippen molar-refractivity contribution in [2.45, 2.75) is 77.1 Å². The van der Waals surface area contributed by atoms with Gasteiger partial charge in [0.2, 0.25) is 0 Å². The second kappa shape index (κ2) is 5.42. The van der Waals surface area contributed by atoms with Crippen molar-refractivity contribution in [2.75, 3.05) is 6.61 Å². The molecule has 0 aromatic heterocycles. The van der Waals surface area contributed by atoms with E-state index in [2.05, 4.69) is 20.8 Å². The Balaban J connectivity index is 1.70. The molecule has 3 nitrogen and oxygen atoms in total. The third-order valence-corrected chi connectivity index (χ3v) is 5.98. The quantitative estimate of drug-likeness (QED) is 0.778. The summed E-state index contributed by atoms with van der Waals surface area (Å²) in [5, 5.41) is 0. The maximum atomic E-state index is 13.0. The first-order chi connectivity index (χ1) is 9.52. The highest BCUT2D eigenvalue weighted by Gasteiger charge is 2.47. The van der Waals surface area contributed by atoms with E-state index in [-0.39, 0.29) is 29.6 Å². The molecule has 2 aliphatic heterocycles. The highest BCUT2D eigenvalue weighted by atomic mass is 16.5. The molecule has 0 bridgehead atoms. The fourth-order valence-corrected chi connectivity index (χ4v) is 4.67. The standard InChI is InChI=1S/C17H28O3/c1-11-12(2)20-13(3)15(11)16(18)14-6-9-19-17(10-14)7-4-5-8-17/h11-15H,4-10H2,1-3H3. The molecule has 1 spiro atoms. The van der Waals surface area contributed by atoms with Crippen molar-refractivity contribution in [1.82, 2.24) is 0 Å². The van der Waals surface area contributed by atoms with Crippen LogP contribution in [0.4, 0.5) is 0 Å². The summed E-state index contributed by atoms with van der Waals surface area (Å²) in [5.74, 6) is 1.08. The minimum atomic E-state index is 0.0378. The first-order valence-electron chi connectivity index (χ1n) is 8.35. The average Bonchev–Trinajstić information content (AvgIpc) is 2.95. The Morgan fingerprint density at radius 1 is 1.10 bits per heavy atom. The van der Waals surface area contributed by atoms with Crippen molar-refractivity contribution in [3.8, 4) is 0 Å². The second-order valence-corrected chi connectivity index (χ2v) is 7.26. The molecule has 5 unspecified atom stereocenters. The number of ether oxygens (including phenoxy) is 2. The van der Waals surface area contributed by atoms with E-state index in [0.717, 1.165) is 32.3 Å². The van der Waals surface area contributed by atoms with Crippen LogP contribution >= 0.6 is 0 Å². The summed E-state index contributed by atoms with van der Waals surface area (Å²) in [4.78, 5) is 13.0. The molecule has 0 amide bonds. The van der Waals surface area contributed by atoms with Gasteiger partial charge >= 0.3 is 0 Å². The Kier molecular flexibility index (Phi) is 3.93. The lowest BCUT2D eigenvalue weighted by Gasteiger charge is -2.39. The minimum absolute atomic E-state index is 0.0378. The molecule has 3 aliphatic rings. The largest absolute Gasteiger partial charge is 0.375 e. The van der Waals surface area contributed by atoms with Crippen LogP contribution in [-0.4, -0.2) is 30.2 Å². The van der Waals surface area contributed by atoms with E-state index in [0.29, 0.717) is 11.7 Å². The van der Waals surface area contributed by atoms with Crippen LogP contribution in [0.2, 0.25) is 0 Å². The summed E-state index contributed by atoms with van der Waals surface area (Å²) < 4.78 is 11.9. The van der Waals surface area contributed by atoms with Crippen LogP contribution < -0.4 is 0 Å². The van der Waals surface area contributed by atoms with Crippen molar-refractivity contribution in [2.24, 2.45) is 17.8 Å². The Morgan fingerprint density at radius 3 is 2.40 bits per heavy atom. The molecule has 114 valence electrons. The Bertz CT molecular complexity index is 372. The molecule has 0 aromatic rings. The molecular weight excluding hydrogens is 252 g/mol. The van der Waals surface area contributed by atoms with Gasteiger partial charge in [0.05, 0.1) is 17.8 Å². The summed E-state index contributed by atoms with van der Waals surface area (Å²) in [7, 11) is 0. The van der Waals surface area contributed by atoms with Gasteiger partial charge in [0, 0.05) is 18.4 Å². The van der Waals surface area contributed by atoms with Gasteiger partial charge in [0.15, 0.2) is 0 Å². The van der Waals surface area contributed by atoms with Gasteiger partial charge in [-0.1, -0.05) is 19.8 Å². The zero-order chi connectivity index (χ0) is 14.3. The second-order valence-electron chi connectivity index (χ2n) is 7.26. The maximum absolute atomic E-state index is 13.0. The number of Topliss-reactive ketones (excluding diaryl/α,β-unsaturated/α-hetero) is 1. The summed E-state index contributed by atoms with van der Waals surface area (Å²) >= 11 is 0. The number of ketones is 1. The summed E-state index contributed by atoms with van der Waals surface area (Å²) in [6.07, 6.45) is 6.98. The van der Waals surface area contributed by atoms with Crippen LogP contribution in [0.25, 0.3) is 0 Å². The molecule has 0 aromatic carbocycles. The van der Waals surface area contributed by atoms with E-state index < -0.39 is 0 Å². The summed E-state index contributed by atoms with van der Waals surface area (Å²) in [6, 6.07) is 0. The van der Waals surface area contributed by atoms with E-state index in [1.807, 2.05) is 0 Å². The van der Waals surface area contributed by atoms with E-state index in [1.165, 1.54) is 12.8 Å². The van der Waals surface area contributed by atoms with Gasteiger partial charge in [-0.25, -0.2) is 0 Å². The lowest BCUT2D eigenvalue weighted by molar-refractivity contribution is -0.142. The topological polar surface area (TPSA) is 35.5 Å². The lowest BCUT2D eigenvalue weighted by atomic mass is 9.75. The predicted octanol–water partition coefficient (Wildman–Crippen LogP) is 3.35. The monoisotopic (exact) mass is 280 g/mol. The van der Waals surface area contributed by atoms with Crippen molar-refractivity contribution in [3.05, 3.63) is 0 Å². The molecule has 5 atom stereocenters. The zero-order valence-electron chi connectivity index (χ0n) is 13.1. The van der Waals surface area contributed by atoms with Crippen LogP contribution in [-0.2, 0) is 14.3 Å². The normalized spacial score (nSPS) is 44.0. The number of rotatable bonds is 2. The van der Waals surface area contributed by atoms with Gasteiger partial charge < -0.3 is 9.47 Å². The molecule has 20 heavy (non-hydrogen) atoms. The van der Waals surface area contributed by atoms with Crippen molar-refractivity contribution in [3.63, 3.8) is 0 Å². The fourth-order valence-electron chi connectivity index (χ4n) is 4.67. The first kappa shape index (κ1) is 14.5. The van der Waals surface area contributed by atoms with E-state index in [1.54, 1.807) is 0 Å². The van der Waals surface area contributed by atoms with Gasteiger partial charge in [-0.3, -0.25) is 4.79 Å². The molecule has 1 aliphatic carbocycles. The van der Waals surface area contributed by atoms with Crippen molar-refractivity contribution >= 4 is 5.78 Å². The van der Waals surface area contributed by atoms with Crippen molar-refractivity contribution in [1.29, 1.82) is 0 Å². The van der Waals surface area contributed by atoms with Crippen molar-refractivity contribution < 1.29 is 14.3 Å². The average molecular weight is 280 g/mol. The van der Waals surface area contributed by atoms with Gasteiger partial charge in [-0.05, 0) is 45.4 Å². The summed E-state index contributed by atoms with van der Waals surface area (Å²) in [6.45, 7) is 7.09. The van der Waals surface area contributed by atoms with Crippen LogP contribution in [0.5, 0.6) is 0 Å². The third kappa shape index (κ3) is 2.43. The molecule has 2 heterocycles. The molecule has 1 saturated carbocycles. The highest BCUT2D eigenvalue weighted by Crippen LogP contribution is 2.44. The van der Waals surface area contributed by atoms with Crippen LogP contribution in [0.3, 0.4) is 0 Å². The number of hydrogen-bond donors (Lipinski definition) is 0. The van der Waals surface area contributed by atoms with E-state index in [4.69, 9.17) is 9.47 Å². The first-order valence-corrected chi connectivity index (χ1v) is 8.35. The van der Waals surface area contributed by atoms with Gasteiger partial charge in [0.25, 0.3) is 0 Å². The molecule has 0 N–H and O–H groups in total. The Morgan fingerprint density at radius 2 is 1.80 bits per heavy atom. The minimum Gasteiger partial charge on any atom is -0.375 e. The fraction of sp³-hybridized carbons (Fsp3) is 0.941. The highest BCUT2D eigenvalue weighted by molar-refractivity contribution is 5.84. The SMILES string of the molecule is CC1OC(C)C(C(=O)C2CCOC3(CCCC3)C2)C1C. The number of carbonyl (C=O) groups excluding carboxylic acids is 1. The molecule has 3 rings (SSSR count). The van der Waals surface area contributed by atoms with Gasteiger partial charge in [-0.15, -0.1) is 0 Å². The van der Waals surface area contributed by atoms with Crippen LogP contribution in [0, 0.1) is 17.8 Å². The zero-order valence-corrected chi connectivity index (χ0v) is 13.1. The predicted molar refractivity (Wildman–Crippen MR) is 77.5 cm³/mol. The third-order valence-electron chi connectivity index (χ3n) is 5.98. The van der Waals surface area contributed by atoms with Crippen LogP contribution in [0.1, 0.15) is 59.3 Å². The molecule has 3 fully saturated rings. The van der Waals surface area contributed by atoms with Gasteiger partial charge in [-0.2, -0.15) is 0 Å². The Labute approximate surface area is 122 Å².